The lowest BCUT2D eigenvalue weighted by Gasteiger charge is -2.11. The standard InChI is InChI=1S/C18H19N5O3/c24-15-6-7-22(12-15)17-8-16(21-26-17)18(25)20-14-9-19-23(11-14)10-13-4-2-1-3-5-13/h1-5,8-9,11,15,24H,6-7,10,12H2,(H,20,25)/t15-/m0/s1. The minimum atomic E-state index is -0.368. The number of rotatable bonds is 5. The Kier molecular flexibility index (Phi) is 4.40. The van der Waals surface area contributed by atoms with Gasteiger partial charge in [-0.3, -0.25) is 9.48 Å². The Balaban J connectivity index is 1.38. The normalized spacial score (nSPS) is 16.8. The molecule has 134 valence electrons. The molecule has 1 atom stereocenters. The summed E-state index contributed by atoms with van der Waals surface area (Å²) < 4.78 is 6.98. The fraction of sp³-hybridized carbons (Fsp3) is 0.278. The zero-order valence-corrected chi connectivity index (χ0v) is 14.1. The first-order chi connectivity index (χ1) is 12.7. The lowest BCUT2D eigenvalue weighted by Crippen LogP contribution is -2.20. The van der Waals surface area contributed by atoms with Crippen molar-refractivity contribution < 1.29 is 14.4 Å². The monoisotopic (exact) mass is 353 g/mol. The highest BCUT2D eigenvalue weighted by molar-refractivity contribution is 6.03. The summed E-state index contributed by atoms with van der Waals surface area (Å²) in [6.07, 6.45) is 3.68. The molecule has 1 saturated heterocycles. The molecule has 1 amide bonds. The number of nitrogens with one attached hydrogen (secondary N) is 1. The number of aromatic nitrogens is 3. The van der Waals surface area contributed by atoms with Crippen LogP contribution in [0.1, 0.15) is 22.5 Å². The number of hydrogen-bond donors (Lipinski definition) is 2. The van der Waals surface area contributed by atoms with Gasteiger partial charge in [0.15, 0.2) is 5.69 Å². The van der Waals surface area contributed by atoms with Gasteiger partial charge in [-0.2, -0.15) is 5.10 Å². The van der Waals surface area contributed by atoms with Crippen LogP contribution in [0.3, 0.4) is 0 Å². The quantitative estimate of drug-likeness (QED) is 0.725. The van der Waals surface area contributed by atoms with E-state index in [0.717, 1.165) is 5.56 Å². The summed E-state index contributed by atoms with van der Waals surface area (Å²) in [5, 5.41) is 20.4. The largest absolute Gasteiger partial charge is 0.391 e. The number of hydrogen-bond acceptors (Lipinski definition) is 6. The number of carbonyl (C=O) groups is 1. The van der Waals surface area contributed by atoms with Gasteiger partial charge in [-0.1, -0.05) is 35.5 Å². The highest BCUT2D eigenvalue weighted by Gasteiger charge is 2.24. The van der Waals surface area contributed by atoms with Crippen LogP contribution in [0.25, 0.3) is 0 Å². The molecule has 1 fully saturated rings. The van der Waals surface area contributed by atoms with Gasteiger partial charge in [-0.25, -0.2) is 0 Å². The third-order valence-electron chi connectivity index (χ3n) is 4.28. The highest BCUT2D eigenvalue weighted by Crippen LogP contribution is 2.21. The predicted molar refractivity (Wildman–Crippen MR) is 95.1 cm³/mol. The lowest BCUT2D eigenvalue weighted by molar-refractivity contribution is 0.101. The SMILES string of the molecule is O=C(Nc1cnn(Cc2ccccc2)c1)c1cc(N2CC[C@H](O)C2)on1. The molecule has 1 aliphatic heterocycles. The Morgan fingerprint density at radius 3 is 2.96 bits per heavy atom. The zero-order chi connectivity index (χ0) is 17.9. The summed E-state index contributed by atoms with van der Waals surface area (Å²) in [6, 6.07) is 11.5. The maximum absolute atomic E-state index is 12.3. The summed E-state index contributed by atoms with van der Waals surface area (Å²) in [6.45, 7) is 1.80. The predicted octanol–water partition coefficient (Wildman–Crippen LogP) is 1.74. The summed E-state index contributed by atoms with van der Waals surface area (Å²) >= 11 is 0. The molecule has 0 unspecified atom stereocenters. The molecule has 8 heteroatoms. The molecule has 3 aromatic rings. The molecular weight excluding hydrogens is 334 g/mol. The zero-order valence-electron chi connectivity index (χ0n) is 14.1. The van der Waals surface area contributed by atoms with Crippen molar-refractivity contribution in [3.8, 4) is 0 Å². The number of aliphatic hydroxyl groups excluding tert-OH is 1. The molecule has 0 saturated carbocycles. The van der Waals surface area contributed by atoms with Gasteiger partial charge >= 0.3 is 0 Å². The highest BCUT2D eigenvalue weighted by atomic mass is 16.5. The molecule has 26 heavy (non-hydrogen) atoms. The maximum atomic E-state index is 12.3. The number of benzene rings is 1. The lowest BCUT2D eigenvalue weighted by atomic mass is 10.2. The Morgan fingerprint density at radius 2 is 2.19 bits per heavy atom. The second-order valence-corrected chi connectivity index (χ2v) is 6.31. The third-order valence-corrected chi connectivity index (χ3v) is 4.28. The minimum Gasteiger partial charge on any atom is -0.391 e. The molecule has 2 aromatic heterocycles. The van der Waals surface area contributed by atoms with Gasteiger partial charge in [0.25, 0.3) is 5.91 Å². The van der Waals surface area contributed by atoms with E-state index in [1.807, 2.05) is 35.2 Å². The molecule has 0 aliphatic carbocycles. The van der Waals surface area contributed by atoms with Gasteiger partial charge in [0.05, 0.1) is 24.5 Å². The topological polar surface area (TPSA) is 96.4 Å². The maximum Gasteiger partial charge on any atom is 0.278 e. The number of nitrogens with zero attached hydrogens (tertiary/aromatic N) is 4. The van der Waals surface area contributed by atoms with Crippen molar-refractivity contribution in [2.45, 2.75) is 19.1 Å². The summed E-state index contributed by atoms with van der Waals surface area (Å²) in [4.78, 5) is 14.2. The average Bonchev–Trinajstić information content (AvgIpc) is 3.37. The molecule has 1 aliphatic rings. The molecule has 2 N–H and O–H groups in total. The van der Waals surface area contributed by atoms with Crippen molar-refractivity contribution in [1.29, 1.82) is 0 Å². The fourth-order valence-corrected chi connectivity index (χ4v) is 2.94. The second kappa shape index (κ2) is 7.01. The van der Waals surface area contributed by atoms with Gasteiger partial charge in [-0.15, -0.1) is 0 Å². The van der Waals surface area contributed by atoms with E-state index in [1.54, 1.807) is 23.1 Å². The van der Waals surface area contributed by atoms with E-state index in [9.17, 15) is 9.90 Å². The number of carbonyl (C=O) groups excluding carboxylic acids is 1. The Bertz CT molecular complexity index is 889. The molecule has 1 aromatic carbocycles. The van der Waals surface area contributed by atoms with E-state index < -0.39 is 0 Å². The minimum absolute atomic E-state index is 0.192. The van der Waals surface area contributed by atoms with E-state index >= 15 is 0 Å². The molecule has 0 bridgehead atoms. The first-order valence-corrected chi connectivity index (χ1v) is 8.45. The van der Waals surface area contributed by atoms with E-state index in [4.69, 9.17) is 4.52 Å². The third kappa shape index (κ3) is 3.60. The fourth-order valence-electron chi connectivity index (χ4n) is 2.94. The van der Waals surface area contributed by atoms with Crippen molar-refractivity contribution >= 4 is 17.5 Å². The van der Waals surface area contributed by atoms with Crippen LogP contribution < -0.4 is 10.2 Å². The van der Waals surface area contributed by atoms with Gasteiger partial charge in [0.2, 0.25) is 5.88 Å². The van der Waals surface area contributed by atoms with Crippen LogP contribution in [0.15, 0.2) is 53.3 Å². The van der Waals surface area contributed by atoms with Crippen LogP contribution in [0, 0.1) is 0 Å². The van der Waals surface area contributed by atoms with Crippen LogP contribution in [-0.4, -0.2) is 45.1 Å². The molecule has 3 heterocycles. The number of amides is 1. The van der Waals surface area contributed by atoms with Crippen LogP contribution >= 0.6 is 0 Å². The van der Waals surface area contributed by atoms with Crippen molar-refractivity contribution in [1.82, 2.24) is 14.9 Å². The van der Waals surface area contributed by atoms with E-state index in [1.165, 1.54) is 0 Å². The first-order valence-electron chi connectivity index (χ1n) is 8.45. The molecule has 4 rings (SSSR count). The number of anilines is 2. The molecule has 8 nitrogen and oxygen atoms in total. The summed E-state index contributed by atoms with van der Waals surface area (Å²) in [5.41, 5.74) is 1.91. The molecular formula is C18H19N5O3. The molecule has 0 radical (unpaired) electrons. The smallest absolute Gasteiger partial charge is 0.278 e. The molecule has 0 spiro atoms. The van der Waals surface area contributed by atoms with Crippen LogP contribution in [0.2, 0.25) is 0 Å². The van der Waals surface area contributed by atoms with E-state index in [0.29, 0.717) is 37.6 Å². The van der Waals surface area contributed by atoms with Crippen molar-refractivity contribution in [3.05, 3.63) is 60.0 Å². The Labute approximate surface area is 150 Å². The van der Waals surface area contributed by atoms with Crippen LogP contribution in [-0.2, 0) is 6.54 Å². The number of β-amino-alcohol motifs (C(OH)–C–C–N with tert-alkyl or cyclic N) is 1. The van der Waals surface area contributed by atoms with Gasteiger partial charge in [-0.05, 0) is 12.0 Å². The first kappa shape index (κ1) is 16.3. The van der Waals surface area contributed by atoms with Crippen LogP contribution in [0.4, 0.5) is 11.6 Å². The number of aliphatic hydroxyl groups is 1. The second-order valence-electron chi connectivity index (χ2n) is 6.31. The van der Waals surface area contributed by atoms with Crippen molar-refractivity contribution in [2.24, 2.45) is 0 Å². The van der Waals surface area contributed by atoms with Gasteiger partial charge in [0, 0.05) is 25.4 Å². The van der Waals surface area contributed by atoms with Crippen LogP contribution in [0.5, 0.6) is 0 Å². The van der Waals surface area contributed by atoms with Crippen molar-refractivity contribution in [3.63, 3.8) is 0 Å². The Hall–Kier alpha value is -3.13. The van der Waals surface area contributed by atoms with Gasteiger partial charge < -0.3 is 19.8 Å². The van der Waals surface area contributed by atoms with E-state index in [-0.39, 0.29) is 17.7 Å². The van der Waals surface area contributed by atoms with E-state index in [2.05, 4.69) is 15.6 Å². The summed E-state index contributed by atoms with van der Waals surface area (Å²) in [5.74, 6) is 0.130. The Morgan fingerprint density at radius 1 is 1.35 bits per heavy atom. The van der Waals surface area contributed by atoms with Gasteiger partial charge in [0.1, 0.15) is 0 Å². The average molecular weight is 353 g/mol. The summed E-state index contributed by atoms with van der Waals surface area (Å²) in [7, 11) is 0. The van der Waals surface area contributed by atoms with Crippen molar-refractivity contribution in [2.75, 3.05) is 23.3 Å².